The van der Waals surface area contributed by atoms with Gasteiger partial charge in [0, 0.05) is 26.7 Å². The summed E-state index contributed by atoms with van der Waals surface area (Å²) in [5.74, 6) is 2.77. The van der Waals surface area contributed by atoms with Crippen LogP contribution in [-0.2, 0) is 11.2 Å². The Bertz CT molecular complexity index is 694. The predicted octanol–water partition coefficient (Wildman–Crippen LogP) is 4.45. The Morgan fingerprint density at radius 1 is 1.12 bits per heavy atom. The Kier molecular flexibility index (Phi) is 4.56. The van der Waals surface area contributed by atoms with Crippen LogP contribution in [0, 0.1) is 5.92 Å². The van der Waals surface area contributed by atoms with Crippen molar-refractivity contribution in [2.45, 2.75) is 42.6 Å². The van der Waals surface area contributed by atoms with Gasteiger partial charge in [0.25, 0.3) is 0 Å². The van der Waals surface area contributed by atoms with E-state index in [1.807, 2.05) is 35.7 Å². The molecule has 2 unspecified atom stereocenters. The first-order valence-electron chi connectivity index (χ1n) is 8.49. The monoisotopic (exact) mass is 362 g/mol. The van der Waals surface area contributed by atoms with Crippen LogP contribution in [0.1, 0.15) is 31.2 Å². The Hall–Kier alpha value is -1.07. The molecule has 5 heteroatoms. The van der Waals surface area contributed by atoms with Crippen LogP contribution in [0.4, 0.5) is 0 Å². The van der Waals surface area contributed by atoms with Gasteiger partial charge in [-0.25, -0.2) is 0 Å². The number of ether oxygens (including phenoxy) is 2. The van der Waals surface area contributed by atoms with Crippen LogP contribution < -0.4 is 9.47 Å². The van der Waals surface area contributed by atoms with Crippen LogP contribution in [0.3, 0.4) is 0 Å². The van der Waals surface area contributed by atoms with Crippen molar-refractivity contribution in [1.82, 2.24) is 0 Å². The molecule has 3 aliphatic rings. The van der Waals surface area contributed by atoms with Gasteiger partial charge in [0.15, 0.2) is 17.3 Å². The fourth-order valence-corrected chi connectivity index (χ4v) is 7.06. The Labute approximate surface area is 151 Å². The lowest BCUT2D eigenvalue weighted by Gasteiger charge is -2.21. The van der Waals surface area contributed by atoms with E-state index in [-0.39, 0.29) is 0 Å². The van der Waals surface area contributed by atoms with Gasteiger partial charge in [-0.2, -0.15) is 0 Å². The van der Waals surface area contributed by atoms with E-state index < -0.39 is 0 Å². The standard InChI is InChI=1S/C19H22O3S2/c1-21-16-5-3-4-12(18(16)22-2)8-13-9-14-15(20)10-17(11-6-7-11)24-19(14)23-13/h3-5,11,13,17H,6-10H2,1-2H3. The molecule has 1 aromatic rings. The highest BCUT2D eigenvalue weighted by Gasteiger charge is 2.41. The van der Waals surface area contributed by atoms with Gasteiger partial charge in [0.1, 0.15) is 0 Å². The average molecular weight is 363 g/mol. The van der Waals surface area contributed by atoms with Crippen molar-refractivity contribution >= 4 is 29.3 Å². The lowest BCUT2D eigenvalue weighted by molar-refractivity contribution is -0.115. The molecular weight excluding hydrogens is 340 g/mol. The smallest absolute Gasteiger partial charge is 0.163 e. The molecule has 0 amide bonds. The molecule has 1 saturated carbocycles. The molecule has 0 N–H and O–H groups in total. The second kappa shape index (κ2) is 6.68. The maximum Gasteiger partial charge on any atom is 0.163 e. The third-order valence-electron chi connectivity index (χ3n) is 5.01. The summed E-state index contributed by atoms with van der Waals surface area (Å²) in [7, 11) is 3.35. The number of ketones is 1. The summed E-state index contributed by atoms with van der Waals surface area (Å²) in [5, 5.41) is 0.958. The Morgan fingerprint density at radius 3 is 2.67 bits per heavy atom. The van der Waals surface area contributed by atoms with Crippen molar-refractivity contribution in [2.24, 2.45) is 5.92 Å². The van der Waals surface area contributed by atoms with Gasteiger partial charge in [-0.1, -0.05) is 12.1 Å². The third-order valence-corrected chi connectivity index (χ3v) is 8.03. The van der Waals surface area contributed by atoms with Crippen molar-refractivity contribution in [3.8, 4) is 11.5 Å². The summed E-state index contributed by atoms with van der Waals surface area (Å²) in [6.07, 6.45) is 5.17. The predicted molar refractivity (Wildman–Crippen MR) is 100.0 cm³/mol. The van der Waals surface area contributed by atoms with E-state index in [0.29, 0.717) is 16.3 Å². The minimum atomic E-state index is 0.397. The molecule has 0 aromatic heterocycles. The normalized spacial score (nSPS) is 26.5. The number of rotatable bonds is 5. The number of Topliss-reactive ketones (excluding diaryl/α,β-unsaturated/α-hetero) is 1. The molecule has 1 aliphatic carbocycles. The summed E-state index contributed by atoms with van der Waals surface area (Å²) in [6.45, 7) is 0. The van der Waals surface area contributed by atoms with Crippen molar-refractivity contribution in [1.29, 1.82) is 0 Å². The van der Waals surface area contributed by atoms with Crippen molar-refractivity contribution < 1.29 is 14.3 Å². The number of carbonyl (C=O) groups excluding carboxylic acids is 1. The number of hydrogen-bond donors (Lipinski definition) is 0. The Balaban J connectivity index is 1.48. The van der Waals surface area contributed by atoms with Crippen LogP contribution in [0.25, 0.3) is 0 Å². The number of para-hydroxylation sites is 1. The molecule has 1 aromatic carbocycles. The van der Waals surface area contributed by atoms with Gasteiger partial charge in [-0.15, -0.1) is 23.5 Å². The number of carbonyl (C=O) groups is 1. The zero-order valence-electron chi connectivity index (χ0n) is 14.0. The van der Waals surface area contributed by atoms with Crippen molar-refractivity contribution in [3.05, 3.63) is 33.6 Å². The number of allylic oxidation sites excluding steroid dienone is 1. The van der Waals surface area contributed by atoms with Gasteiger partial charge in [0.2, 0.25) is 0 Å². The lowest BCUT2D eigenvalue weighted by Crippen LogP contribution is -2.18. The van der Waals surface area contributed by atoms with E-state index in [1.165, 1.54) is 17.1 Å². The van der Waals surface area contributed by atoms with Gasteiger partial charge < -0.3 is 9.47 Å². The van der Waals surface area contributed by atoms with E-state index in [9.17, 15) is 4.79 Å². The zero-order valence-corrected chi connectivity index (χ0v) is 15.7. The first-order valence-corrected chi connectivity index (χ1v) is 10.2. The van der Waals surface area contributed by atoms with Crippen LogP contribution in [0.5, 0.6) is 11.5 Å². The molecule has 0 bridgehead atoms. The van der Waals surface area contributed by atoms with Crippen LogP contribution in [-0.4, -0.2) is 30.5 Å². The van der Waals surface area contributed by atoms with E-state index in [4.69, 9.17) is 9.47 Å². The quantitative estimate of drug-likeness (QED) is 0.773. The molecule has 4 rings (SSSR count). The molecule has 128 valence electrons. The summed E-state index contributed by atoms with van der Waals surface area (Å²) in [6, 6.07) is 6.03. The van der Waals surface area contributed by atoms with Crippen LogP contribution in [0.15, 0.2) is 28.0 Å². The minimum Gasteiger partial charge on any atom is -0.493 e. The van der Waals surface area contributed by atoms with Gasteiger partial charge in [0.05, 0.1) is 14.2 Å². The fourth-order valence-electron chi connectivity index (χ4n) is 3.59. The van der Waals surface area contributed by atoms with E-state index >= 15 is 0 Å². The van der Waals surface area contributed by atoms with Crippen molar-refractivity contribution in [2.75, 3.05) is 14.2 Å². The second-order valence-electron chi connectivity index (χ2n) is 6.69. The van der Waals surface area contributed by atoms with Crippen molar-refractivity contribution in [3.63, 3.8) is 0 Å². The molecule has 1 fully saturated rings. The maximum absolute atomic E-state index is 12.5. The van der Waals surface area contributed by atoms with E-state index in [0.717, 1.165) is 47.8 Å². The Morgan fingerprint density at radius 2 is 1.96 bits per heavy atom. The summed E-state index contributed by atoms with van der Waals surface area (Å²) < 4.78 is 12.3. The summed E-state index contributed by atoms with van der Waals surface area (Å²) in [5.41, 5.74) is 2.25. The highest BCUT2D eigenvalue weighted by Crippen LogP contribution is 2.55. The van der Waals surface area contributed by atoms with Gasteiger partial charge >= 0.3 is 0 Å². The average Bonchev–Trinajstić information content (AvgIpc) is 3.35. The molecule has 0 radical (unpaired) electrons. The molecule has 24 heavy (non-hydrogen) atoms. The molecule has 2 aliphatic heterocycles. The second-order valence-corrected chi connectivity index (χ2v) is 9.51. The molecule has 3 nitrogen and oxygen atoms in total. The first-order chi connectivity index (χ1) is 11.7. The maximum atomic E-state index is 12.5. The largest absolute Gasteiger partial charge is 0.493 e. The molecule has 2 heterocycles. The van der Waals surface area contributed by atoms with Gasteiger partial charge in [-0.05, 0) is 43.2 Å². The summed E-state index contributed by atoms with van der Waals surface area (Å²) >= 11 is 3.87. The van der Waals surface area contributed by atoms with E-state index in [2.05, 4.69) is 6.07 Å². The lowest BCUT2D eigenvalue weighted by atomic mass is 9.98. The van der Waals surface area contributed by atoms with Gasteiger partial charge in [-0.3, -0.25) is 4.79 Å². The first kappa shape index (κ1) is 16.4. The SMILES string of the molecule is COc1cccc(CC2CC3=C(S2)SC(C2CC2)CC3=O)c1OC. The number of benzene rings is 1. The van der Waals surface area contributed by atoms with Crippen LogP contribution >= 0.6 is 23.5 Å². The highest BCUT2D eigenvalue weighted by molar-refractivity contribution is 8.23. The zero-order chi connectivity index (χ0) is 16.7. The van der Waals surface area contributed by atoms with E-state index in [1.54, 1.807) is 14.2 Å². The number of methoxy groups -OCH3 is 2. The fraction of sp³-hybridized carbons (Fsp3) is 0.526. The molecule has 2 atom stereocenters. The summed E-state index contributed by atoms with van der Waals surface area (Å²) in [4.78, 5) is 12.5. The number of thioether (sulfide) groups is 2. The topological polar surface area (TPSA) is 35.5 Å². The van der Waals surface area contributed by atoms with Crippen LogP contribution in [0.2, 0.25) is 0 Å². The molecule has 0 saturated heterocycles. The highest BCUT2D eigenvalue weighted by atomic mass is 32.2. The molecular formula is C19H22O3S2. The molecule has 0 spiro atoms. The third kappa shape index (κ3) is 3.08. The number of hydrogen-bond acceptors (Lipinski definition) is 5. The minimum absolute atomic E-state index is 0.397.